The van der Waals surface area contributed by atoms with Gasteiger partial charge in [-0.2, -0.15) is 12.8 Å². The predicted octanol–water partition coefficient (Wildman–Crippen LogP) is 3.99. The highest BCUT2D eigenvalue weighted by Crippen LogP contribution is 2.23. The molecule has 3 aromatic carbocycles. The SMILES string of the molecule is Cc1ccc(C(=O)NC2=CC(=NS(=O)(=O)c3ccc(C)cc3)c3ccccc3C2=O)cc1. The van der Waals surface area contributed by atoms with Crippen molar-refractivity contribution in [3.8, 4) is 0 Å². The third-order valence-corrected chi connectivity index (χ3v) is 6.38. The molecule has 0 aliphatic heterocycles. The van der Waals surface area contributed by atoms with Crippen LogP contribution in [0.2, 0.25) is 0 Å². The van der Waals surface area contributed by atoms with E-state index in [4.69, 9.17) is 0 Å². The lowest BCUT2D eigenvalue weighted by Gasteiger charge is -2.18. The minimum atomic E-state index is -4.03. The van der Waals surface area contributed by atoms with Crippen molar-refractivity contribution in [2.24, 2.45) is 4.40 Å². The van der Waals surface area contributed by atoms with Crippen molar-refractivity contribution in [2.45, 2.75) is 18.7 Å². The molecule has 0 atom stereocenters. The molecule has 0 heterocycles. The van der Waals surface area contributed by atoms with Crippen LogP contribution >= 0.6 is 0 Å². The second-order valence-corrected chi connectivity index (χ2v) is 9.12. The Kier molecular flexibility index (Phi) is 5.59. The smallest absolute Gasteiger partial charge is 0.282 e. The first kappa shape index (κ1) is 21.4. The van der Waals surface area contributed by atoms with Crippen LogP contribution in [-0.2, 0) is 10.0 Å². The van der Waals surface area contributed by atoms with Crippen molar-refractivity contribution in [3.63, 3.8) is 0 Å². The van der Waals surface area contributed by atoms with E-state index in [9.17, 15) is 18.0 Å². The molecular weight excluding hydrogens is 424 g/mol. The summed E-state index contributed by atoms with van der Waals surface area (Å²) in [5, 5.41) is 2.61. The summed E-state index contributed by atoms with van der Waals surface area (Å²) in [6.45, 7) is 3.76. The number of ketones is 1. The van der Waals surface area contributed by atoms with Crippen LogP contribution in [-0.4, -0.2) is 25.8 Å². The van der Waals surface area contributed by atoms with E-state index in [-0.39, 0.29) is 21.9 Å². The van der Waals surface area contributed by atoms with E-state index in [0.717, 1.165) is 11.1 Å². The lowest BCUT2D eigenvalue weighted by Crippen LogP contribution is -2.31. The van der Waals surface area contributed by atoms with Gasteiger partial charge in [0.15, 0.2) is 0 Å². The summed E-state index contributed by atoms with van der Waals surface area (Å²) in [6.07, 6.45) is 1.31. The Morgan fingerprint density at radius 2 is 1.38 bits per heavy atom. The number of carbonyl (C=O) groups is 2. The zero-order chi connectivity index (χ0) is 22.9. The maximum atomic E-state index is 13.0. The van der Waals surface area contributed by atoms with E-state index < -0.39 is 21.7 Å². The zero-order valence-corrected chi connectivity index (χ0v) is 18.3. The minimum absolute atomic E-state index is 0.0351. The van der Waals surface area contributed by atoms with Crippen LogP contribution in [0.3, 0.4) is 0 Å². The van der Waals surface area contributed by atoms with Gasteiger partial charge in [-0.1, -0.05) is 59.7 Å². The summed E-state index contributed by atoms with van der Waals surface area (Å²) in [7, 11) is -4.03. The Labute approximate surface area is 186 Å². The van der Waals surface area contributed by atoms with Gasteiger partial charge in [-0.15, -0.1) is 0 Å². The van der Waals surface area contributed by atoms with Gasteiger partial charge in [0, 0.05) is 16.7 Å². The summed E-state index contributed by atoms with van der Waals surface area (Å²) < 4.78 is 29.8. The molecule has 1 amide bonds. The standard InChI is InChI=1S/C25H20N2O4S/c1-16-7-11-18(12-8-16)25(29)26-23-15-22(20-5-3-4-6-21(20)24(23)28)27-32(30,31)19-13-9-17(2)10-14-19/h3-15H,1-2H3,(H,26,29). The lowest BCUT2D eigenvalue weighted by molar-refractivity contribution is 0.0932. The topological polar surface area (TPSA) is 92.7 Å². The molecule has 3 aromatic rings. The fourth-order valence-corrected chi connectivity index (χ4v) is 4.29. The molecule has 160 valence electrons. The Balaban J connectivity index is 1.76. The number of sulfonamides is 1. The predicted molar refractivity (Wildman–Crippen MR) is 122 cm³/mol. The Bertz CT molecular complexity index is 1380. The second-order valence-electron chi connectivity index (χ2n) is 7.52. The van der Waals surface area contributed by atoms with Gasteiger partial charge in [-0.3, -0.25) is 9.59 Å². The average molecular weight is 445 g/mol. The van der Waals surface area contributed by atoms with Crippen LogP contribution in [0, 0.1) is 13.8 Å². The highest BCUT2D eigenvalue weighted by molar-refractivity contribution is 7.90. The molecular formula is C25H20N2O4S. The molecule has 0 bridgehead atoms. The summed E-state index contributed by atoms with van der Waals surface area (Å²) in [4.78, 5) is 25.7. The molecule has 0 saturated carbocycles. The van der Waals surface area contributed by atoms with Crippen molar-refractivity contribution in [1.29, 1.82) is 0 Å². The Morgan fingerprint density at radius 3 is 2.00 bits per heavy atom. The molecule has 0 spiro atoms. The lowest BCUT2D eigenvalue weighted by atomic mass is 9.92. The van der Waals surface area contributed by atoms with E-state index in [1.807, 2.05) is 13.8 Å². The number of hydrogen-bond donors (Lipinski definition) is 1. The van der Waals surface area contributed by atoms with Crippen molar-refractivity contribution >= 4 is 27.4 Å². The number of amides is 1. The first-order chi connectivity index (χ1) is 15.2. The molecule has 0 radical (unpaired) electrons. The molecule has 4 rings (SSSR count). The number of fused-ring (bicyclic) bond motifs is 1. The number of rotatable bonds is 4. The molecule has 6 nitrogen and oxygen atoms in total. The van der Waals surface area contributed by atoms with Crippen LogP contribution in [0.1, 0.15) is 37.4 Å². The number of hydrogen-bond acceptors (Lipinski definition) is 4. The Morgan fingerprint density at radius 1 is 0.812 bits per heavy atom. The van der Waals surface area contributed by atoms with Crippen molar-refractivity contribution < 1.29 is 18.0 Å². The normalized spacial score (nSPS) is 14.6. The van der Waals surface area contributed by atoms with Crippen molar-refractivity contribution in [1.82, 2.24) is 5.32 Å². The van der Waals surface area contributed by atoms with Gasteiger partial charge in [0.05, 0.1) is 16.3 Å². The van der Waals surface area contributed by atoms with Crippen LogP contribution in [0.15, 0.2) is 93.9 Å². The molecule has 1 N–H and O–H groups in total. The quantitative estimate of drug-likeness (QED) is 0.659. The van der Waals surface area contributed by atoms with E-state index in [2.05, 4.69) is 9.71 Å². The van der Waals surface area contributed by atoms with Crippen LogP contribution in [0.5, 0.6) is 0 Å². The van der Waals surface area contributed by atoms with Gasteiger partial charge >= 0.3 is 0 Å². The number of nitrogens with one attached hydrogen (secondary N) is 1. The maximum Gasteiger partial charge on any atom is 0.282 e. The fourth-order valence-electron chi connectivity index (χ4n) is 3.29. The Hall–Kier alpha value is -3.84. The third-order valence-electron chi connectivity index (χ3n) is 5.07. The number of nitrogens with zero attached hydrogens (tertiary/aromatic N) is 1. The molecule has 1 aliphatic carbocycles. The highest BCUT2D eigenvalue weighted by atomic mass is 32.2. The first-order valence-corrected chi connectivity index (χ1v) is 11.3. The zero-order valence-electron chi connectivity index (χ0n) is 17.5. The van der Waals surface area contributed by atoms with Gasteiger partial charge in [-0.25, -0.2) is 0 Å². The summed E-state index contributed by atoms with van der Waals surface area (Å²) in [5.41, 5.74) is 3.01. The van der Waals surface area contributed by atoms with Gasteiger partial charge < -0.3 is 5.32 Å². The van der Waals surface area contributed by atoms with E-state index in [1.54, 1.807) is 60.7 Å². The summed E-state index contributed by atoms with van der Waals surface area (Å²) in [5.74, 6) is -0.877. The molecule has 7 heteroatoms. The van der Waals surface area contributed by atoms with Gasteiger partial charge in [0.25, 0.3) is 15.9 Å². The van der Waals surface area contributed by atoms with E-state index in [1.165, 1.54) is 18.2 Å². The van der Waals surface area contributed by atoms with Crippen LogP contribution in [0.25, 0.3) is 0 Å². The van der Waals surface area contributed by atoms with Crippen LogP contribution < -0.4 is 5.32 Å². The monoisotopic (exact) mass is 444 g/mol. The maximum absolute atomic E-state index is 13.0. The van der Waals surface area contributed by atoms with E-state index in [0.29, 0.717) is 11.1 Å². The first-order valence-electron chi connectivity index (χ1n) is 9.90. The number of benzene rings is 3. The summed E-state index contributed by atoms with van der Waals surface area (Å²) >= 11 is 0. The van der Waals surface area contributed by atoms with Crippen molar-refractivity contribution in [2.75, 3.05) is 0 Å². The third kappa shape index (κ3) is 4.29. The number of aryl methyl sites for hydroxylation is 2. The van der Waals surface area contributed by atoms with Gasteiger partial charge in [-0.05, 0) is 44.2 Å². The number of Topliss-reactive ketones (excluding diaryl/α,β-unsaturated/α-hetero) is 1. The molecule has 0 saturated heterocycles. The molecule has 0 unspecified atom stereocenters. The van der Waals surface area contributed by atoms with Crippen molar-refractivity contribution in [3.05, 3.63) is 112 Å². The van der Waals surface area contributed by atoms with E-state index >= 15 is 0 Å². The highest BCUT2D eigenvalue weighted by Gasteiger charge is 2.27. The molecule has 0 fully saturated rings. The van der Waals surface area contributed by atoms with Gasteiger partial charge in [0.2, 0.25) is 5.78 Å². The summed E-state index contributed by atoms with van der Waals surface area (Å²) in [6, 6.07) is 19.8. The fraction of sp³-hybridized carbons (Fsp3) is 0.0800. The minimum Gasteiger partial charge on any atom is -0.319 e. The largest absolute Gasteiger partial charge is 0.319 e. The number of allylic oxidation sites excluding steroid dienone is 2. The van der Waals surface area contributed by atoms with Gasteiger partial charge in [0.1, 0.15) is 0 Å². The molecule has 32 heavy (non-hydrogen) atoms. The molecule has 1 aliphatic rings. The molecule has 0 aromatic heterocycles. The second kappa shape index (κ2) is 8.36. The van der Waals surface area contributed by atoms with Crippen LogP contribution in [0.4, 0.5) is 0 Å². The number of carbonyl (C=O) groups excluding carboxylic acids is 2. The average Bonchev–Trinajstić information content (AvgIpc) is 2.77.